The highest BCUT2D eigenvalue weighted by molar-refractivity contribution is 7.20. The van der Waals surface area contributed by atoms with Crippen LogP contribution in [0.25, 0.3) is 93.6 Å². The summed E-state index contributed by atoms with van der Waals surface area (Å²) in [7, 11) is -3.11. The second-order valence-corrected chi connectivity index (χ2v) is 22.1. The molecule has 3 heterocycles. The summed E-state index contributed by atoms with van der Waals surface area (Å²) in [6.07, 6.45) is 0. The molecular formula is C66H45N3Si. The van der Waals surface area contributed by atoms with E-state index in [0.717, 1.165) is 22.6 Å². The van der Waals surface area contributed by atoms with Crippen LogP contribution >= 0.6 is 0 Å². The van der Waals surface area contributed by atoms with Crippen LogP contribution in [-0.2, 0) is 0 Å². The third-order valence-corrected chi connectivity index (χ3v) is 19.6. The van der Waals surface area contributed by atoms with Crippen molar-refractivity contribution >= 4 is 94.2 Å². The van der Waals surface area contributed by atoms with Gasteiger partial charge in [0.2, 0.25) is 0 Å². The quantitative estimate of drug-likeness (QED) is 0.107. The highest BCUT2D eigenvalue weighted by atomic mass is 28.3. The van der Waals surface area contributed by atoms with Gasteiger partial charge in [-0.1, -0.05) is 224 Å². The summed E-state index contributed by atoms with van der Waals surface area (Å²) in [6.45, 7) is 0. The Balaban J connectivity index is 1.18. The standard InChI is InChI=1S/C66H45N3Si/c1-5-22-46(23-6-1)47-42-44-48(45-43-47)67-57-35-16-15-32-54(57)55-33-19-40-62(65(55)67)69-61-39-21-38-60(68-58-36-17-13-30-52(58)53-31-14-18-37-59(53)68)64(61)56-34-20-41-63(66(56)69)70(49-24-7-2-8-25-49,50-26-9-3-10-27-50)51-28-11-4-12-29-51/h1-45H. The summed E-state index contributed by atoms with van der Waals surface area (Å²) >= 11 is 0. The summed E-state index contributed by atoms with van der Waals surface area (Å²) in [5.41, 5.74) is 12.9. The van der Waals surface area contributed by atoms with Crippen molar-refractivity contribution in [2.75, 3.05) is 0 Å². The predicted molar refractivity (Wildman–Crippen MR) is 299 cm³/mol. The van der Waals surface area contributed by atoms with E-state index in [-0.39, 0.29) is 0 Å². The molecule has 70 heavy (non-hydrogen) atoms. The van der Waals surface area contributed by atoms with Crippen molar-refractivity contribution in [2.45, 2.75) is 0 Å². The molecule has 0 amide bonds. The molecule has 0 N–H and O–H groups in total. The largest absolute Gasteiger partial charge is 0.309 e. The fraction of sp³-hybridized carbons (Fsp3) is 0. The SMILES string of the molecule is c1ccc(-c2ccc(-n3c4ccccc4c4cccc(-n5c6cccc(-n7c8ccccc8c8ccccc87)c6c6cccc([Si](c7ccccc7)(c7ccccc7)c7ccccc7)c65)c43)cc2)cc1. The van der Waals surface area contributed by atoms with Crippen LogP contribution in [0.3, 0.4) is 0 Å². The topological polar surface area (TPSA) is 14.8 Å². The van der Waals surface area contributed by atoms with Crippen LogP contribution < -0.4 is 20.7 Å². The molecule has 0 atom stereocenters. The minimum absolute atomic E-state index is 1.12. The van der Waals surface area contributed by atoms with E-state index in [0.29, 0.717) is 0 Å². The monoisotopic (exact) mass is 907 g/mol. The summed E-state index contributed by atoms with van der Waals surface area (Å²) < 4.78 is 7.65. The molecule has 0 fully saturated rings. The van der Waals surface area contributed by atoms with E-state index in [1.54, 1.807) is 0 Å². The first-order chi connectivity index (χ1) is 34.8. The summed E-state index contributed by atoms with van der Waals surface area (Å²) in [6, 6.07) is 102. The van der Waals surface area contributed by atoms with Gasteiger partial charge in [-0.3, -0.25) is 0 Å². The molecule has 0 aliphatic carbocycles. The van der Waals surface area contributed by atoms with Crippen LogP contribution in [0.4, 0.5) is 0 Å². The Hall–Kier alpha value is -8.96. The molecule has 0 aliphatic rings. The number of hydrogen-bond acceptors (Lipinski definition) is 0. The maximum atomic E-state index is 2.64. The van der Waals surface area contributed by atoms with E-state index in [1.807, 2.05) is 0 Å². The van der Waals surface area contributed by atoms with Gasteiger partial charge < -0.3 is 13.7 Å². The predicted octanol–water partition coefficient (Wildman–Crippen LogP) is 14.0. The van der Waals surface area contributed by atoms with Crippen LogP contribution in [0.5, 0.6) is 0 Å². The second kappa shape index (κ2) is 16.1. The molecule has 0 bridgehead atoms. The zero-order valence-electron chi connectivity index (χ0n) is 38.3. The highest BCUT2D eigenvalue weighted by Crippen LogP contribution is 2.43. The average molecular weight is 908 g/mol. The van der Waals surface area contributed by atoms with Gasteiger partial charge >= 0.3 is 0 Å². The lowest BCUT2D eigenvalue weighted by Crippen LogP contribution is -2.75. The lowest BCUT2D eigenvalue weighted by molar-refractivity contribution is 1.13. The molecule has 3 nitrogen and oxygen atoms in total. The minimum Gasteiger partial charge on any atom is -0.309 e. The van der Waals surface area contributed by atoms with E-state index >= 15 is 0 Å². The molecule has 0 saturated heterocycles. The molecule has 0 spiro atoms. The maximum absolute atomic E-state index is 3.11. The molecule has 0 aliphatic heterocycles. The van der Waals surface area contributed by atoms with E-state index < -0.39 is 8.07 Å². The molecule has 3 aromatic heterocycles. The number of hydrogen-bond donors (Lipinski definition) is 0. The Labute approximate surface area is 407 Å². The Bertz CT molecular complexity index is 4110. The normalized spacial score (nSPS) is 12.0. The smallest absolute Gasteiger partial charge is 0.181 e. The molecule has 11 aromatic carbocycles. The number of para-hydroxylation sites is 5. The van der Waals surface area contributed by atoms with Crippen molar-refractivity contribution in [1.29, 1.82) is 0 Å². The van der Waals surface area contributed by atoms with Gasteiger partial charge in [-0.05, 0) is 80.4 Å². The number of aromatic nitrogens is 3. The van der Waals surface area contributed by atoms with Crippen molar-refractivity contribution in [1.82, 2.24) is 13.7 Å². The van der Waals surface area contributed by atoms with Crippen LogP contribution in [0, 0.1) is 0 Å². The summed E-state index contributed by atoms with van der Waals surface area (Å²) in [5, 5.41) is 12.7. The van der Waals surface area contributed by atoms with Crippen molar-refractivity contribution in [3.63, 3.8) is 0 Å². The fourth-order valence-electron chi connectivity index (χ4n) is 11.9. The number of nitrogens with zero attached hydrogens (tertiary/aromatic N) is 3. The van der Waals surface area contributed by atoms with Gasteiger partial charge in [0.15, 0.2) is 8.07 Å². The van der Waals surface area contributed by atoms with E-state index in [4.69, 9.17) is 0 Å². The Kier molecular flexibility index (Phi) is 9.23. The van der Waals surface area contributed by atoms with Crippen LogP contribution in [-0.4, -0.2) is 21.8 Å². The third kappa shape index (κ3) is 5.87. The van der Waals surface area contributed by atoms with Gasteiger partial charge in [0.1, 0.15) is 0 Å². The van der Waals surface area contributed by atoms with Crippen molar-refractivity contribution in [3.8, 4) is 28.2 Å². The highest BCUT2D eigenvalue weighted by Gasteiger charge is 2.43. The van der Waals surface area contributed by atoms with Crippen molar-refractivity contribution < 1.29 is 0 Å². The van der Waals surface area contributed by atoms with Gasteiger partial charge in [0, 0.05) is 38.0 Å². The van der Waals surface area contributed by atoms with Gasteiger partial charge in [0.25, 0.3) is 0 Å². The number of rotatable bonds is 8. The fourth-order valence-corrected chi connectivity index (χ4v) is 16.9. The van der Waals surface area contributed by atoms with Gasteiger partial charge in [-0.2, -0.15) is 0 Å². The molecule has 328 valence electrons. The average Bonchev–Trinajstić information content (AvgIpc) is 4.09. The molecule has 0 radical (unpaired) electrons. The zero-order valence-corrected chi connectivity index (χ0v) is 39.3. The Morgan fingerprint density at radius 1 is 0.243 bits per heavy atom. The van der Waals surface area contributed by atoms with Crippen molar-refractivity contribution in [3.05, 3.63) is 273 Å². The molecule has 4 heteroatoms. The zero-order chi connectivity index (χ0) is 46.2. The maximum Gasteiger partial charge on any atom is 0.181 e. The summed E-state index contributed by atoms with van der Waals surface area (Å²) in [5.74, 6) is 0. The second-order valence-electron chi connectivity index (χ2n) is 18.4. The van der Waals surface area contributed by atoms with E-state index in [9.17, 15) is 0 Å². The summed E-state index contributed by atoms with van der Waals surface area (Å²) in [4.78, 5) is 0. The first kappa shape index (κ1) is 40.1. The molecule has 0 unspecified atom stereocenters. The first-order valence-corrected chi connectivity index (χ1v) is 26.2. The molecular weight excluding hydrogens is 863 g/mol. The Morgan fingerprint density at radius 2 is 0.657 bits per heavy atom. The number of benzene rings is 11. The molecule has 0 saturated carbocycles. The first-order valence-electron chi connectivity index (χ1n) is 24.2. The van der Waals surface area contributed by atoms with Crippen LogP contribution in [0.1, 0.15) is 0 Å². The van der Waals surface area contributed by atoms with Gasteiger partial charge in [0.05, 0.1) is 44.5 Å². The molecule has 14 rings (SSSR count). The van der Waals surface area contributed by atoms with Crippen LogP contribution in [0.15, 0.2) is 273 Å². The minimum atomic E-state index is -3.11. The number of fused-ring (bicyclic) bond motifs is 9. The lowest BCUT2D eigenvalue weighted by atomic mass is 10.1. The lowest BCUT2D eigenvalue weighted by Gasteiger charge is -2.35. The van der Waals surface area contributed by atoms with E-state index in [2.05, 4.69) is 287 Å². The Morgan fingerprint density at radius 3 is 1.24 bits per heavy atom. The van der Waals surface area contributed by atoms with Crippen molar-refractivity contribution in [2.24, 2.45) is 0 Å². The van der Waals surface area contributed by atoms with E-state index in [1.165, 1.54) is 91.8 Å². The molecule has 14 aromatic rings. The third-order valence-electron chi connectivity index (χ3n) is 14.8. The van der Waals surface area contributed by atoms with Gasteiger partial charge in [-0.25, -0.2) is 0 Å². The van der Waals surface area contributed by atoms with Crippen LogP contribution in [0.2, 0.25) is 0 Å². The van der Waals surface area contributed by atoms with Gasteiger partial charge in [-0.15, -0.1) is 0 Å².